The van der Waals surface area contributed by atoms with E-state index in [2.05, 4.69) is 27.7 Å². The third kappa shape index (κ3) is 6.12. The first-order valence-electron chi connectivity index (χ1n) is 4.49. The molecule has 0 rings (SSSR count). The zero-order valence-corrected chi connectivity index (χ0v) is 7.69. The maximum absolute atomic E-state index is 3.96. The molecule has 0 heterocycles. The molecular formula is C10H21. The van der Waals surface area contributed by atoms with Crippen LogP contribution < -0.4 is 0 Å². The lowest BCUT2D eigenvalue weighted by Crippen LogP contribution is -1.94. The molecule has 0 N–H and O–H groups in total. The van der Waals surface area contributed by atoms with Crippen LogP contribution in [-0.2, 0) is 0 Å². The van der Waals surface area contributed by atoms with Gasteiger partial charge >= 0.3 is 0 Å². The average Bonchev–Trinajstić information content (AvgIpc) is 1.87. The van der Waals surface area contributed by atoms with Gasteiger partial charge in [0.05, 0.1) is 0 Å². The standard InChI is InChI=1S/C10H21/c1-5-10(4)8-6-7-9(2)3/h9-10H,2,5-8H2,1,3-4H3. The van der Waals surface area contributed by atoms with Gasteiger partial charge in [0.2, 0.25) is 0 Å². The Balaban J connectivity index is 3.03. The molecule has 0 aromatic rings. The molecule has 61 valence electrons. The van der Waals surface area contributed by atoms with Crippen LogP contribution in [0.25, 0.3) is 0 Å². The van der Waals surface area contributed by atoms with Gasteiger partial charge in [0.25, 0.3) is 0 Å². The highest BCUT2D eigenvalue weighted by Gasteiger charge is 1.99. The Morgan fingerprint density at radius 2 is 1.80 bits per heavy atom. The summed E-state index contributed by atoms with van der Waals surface area (Å²) in [6.45, 7) is 10.7. The highest BCUT2D eigenvalue weighted by Crippen LogP contribution is 2.13. The predicted molar refractivity (Wildman–Crippen MR) is 47.8 cm³/mol. The first kappa shape index (κ1) is 10.0. The van der Waals surface area contributed by atoms with Crippen molar-refractivity contribution in [3.05, 3.63) is 6.92 Å². The second-order valence-electron chi connectivity index (χ2n) is 3.55. The average molecular weight is 141 g/mol. The molecule has 0 aliphatic heterocycles. The normalized spacial score (nSPS) is 14.1. The molecule has 1 radical (unpaired) electrons. The van der Waals surface area contributed by atoms with E-state index in [9.17, 15) is 0 Å². The van der Waals surface area contributed by atoms with Gasteiger partial charge in [0.1, 0.15) is 0 Å². The van der Waals surface area contributed by atoms with E-state index in [1.807, 2.05) is 0 Å². The van der Waals surface area contributed by atoms with Gasteiger partial charge in [-0.25, -0.2) is 0 Å². The maximum Gasteiger partial charge on any atom is -0.0443 e. The van der Waals surface area contributed by atoms with Crippen molar-refractivity contribution in [3.8, 4) is 0 Å². The van der Waals surface area contributed by atoms with E-state index in [1.54, 1.807) is 0 Å². The Bertz CT molecular complexity index is 64.4. The van der Waals surface area contributed by atoms with E-state index in [0.717, 1.165) is 5.92 Å². The SMILES string of the molecule is [CH2]C(C)CCCC(C)CC. The number of rotatable bonds is 5. The van der Waals surface area contributed by atoms with Crippen LogP contribution in [0.15, 0.2) is 0 Å². The molecule has 0 aliphatic rings. The van der Waals surface area contributed by atoms with Crippen molar-refractivity contribution in [3.63, 3.8) is 0 Å². The summed E-state index contributed by atoms with van der Waals surface area (Å²) in [5.74, 6) is 1.56. The highest BCUT2D eigenvalue weighted by molar-refractivity contribution is 4.56. The summed E-state index contributed by atoms with van der Waals surface area (Å²) in [5, 5.41) is 0. The predicted octanol–water partition coefficient (Wildman–Crippen LogP) is 3.67. The molecular weight excluding hydrogens is 120 g/mol. The van der Waals surface area contributed by atoms with Crippen molar-refractivity contribution >= 4 is 0 Å². The molecule has 0 spiro atoms. The monoisotopic (exact) mass is 141 g/mol. The first-order valence-corrected chi connectivity index (χ1v) is 4.49. The summed E-state index contributed by atoms with van der Waals surface area (Å²) in [4.78, 5) is 0. The Morgan fingerprint density at radius 3 is 2.20 bits per heavy atom. The quantitative estimate of drug-likeness (QED) is 0.548. The Kier molecular flexibility index (Phi) is 5.76. The van der Waals surface area contributed by atoms with Crippen LogP contribution in [0, 0.1) is 18.8 Å². The van der Waals surface area contributed by atoms with Crippen molar-refractivity contribution in [1.29, 1.82) is 0 Å². The molecule has 0 aromatic heterocycles. The lowest BCUT2D eigenvalue weighted by atomic mass is 9.98. The lowest BCUT2D eigenvalue weighted by Gasteiger charge is -2.08. The van der Waals surface area contributed by atoms with Crippen molar-refractivity contribution in [2.24, 2.45) is 11.8 Å². The highest BCUT2D eigenvalue weighted by atomic mass is 14.0. The van der Waals surface area contributed by atoms with Crippen LogP contribution in [0.1, 0.15) is 46.5 Å². The molecule has 10 heavy (non-hydrogen) atoms. The summed E-state index contributed by atoms with van der Waals surface area (Å²) in [5.41, 5.74) is 0. The smallest absolute Gasteiger partial charge is 0.0443 e. The molecule has 0 aromatic carbocycles. The van der Waals surface area contributed by atoms with Crippen LogP contribution in [0.2, 0.25) is 0 Å². The third-order valence-corrected chi connectivity index (χ3v) is 2.09. The Labute approximate surface area is 66.0 Å². The molecule has 0 aliphatic carbocycles. The second-order valence-corrected chi connectivity index (χ2v) is 3.55. The van der Waals surface area contributed by atoms with Crippen molar-refractivity contribution in [1.82, 2.24) is 0 Å². The minimum Gasteiger partial charge on any atom is -0.0651 e. The topological polar surface area (TPSA) is 0 Å². The van der Waals surface area contributed by atoms with E-state index in [0.29, 0.717) is 5.92 Å². The Hall–Kier alpha value is 0. The summed E-state index contributed by atoms with van der Waals surface area (Å²) < 4.78 is 0. The van der Waals surface area contributed by atoms with Crippen molar-refractivity contribution in [2.45, 2.75) is 46.5 Å². The van der Waals surface area contributed by atoms with Gasteiger partial charge in [0, 0.05) is 0 Å². The molecule has 0 fully saturated rings. The minimum atomic E-state index is 0.643. The second kappa shape index (κ2) is 5.76. The first-order chi connectivity index (χ1) is 4.66. The fraction of sp³-hybridized carbons (Fsp3) is 0.900. The molecule has 0 saturated heterocycles. The fourth-order valence-corrected chi connectivity index (χ4v) is 1.02. The van der Waals surface area contributed by atoms with E-state index in [4.69, 9.17) is 0 Å². The van der Waals surface area contributed by atoms with Crippen LogP contribution in [-0.4, -0.2) is 0 Å². The van der Waals surface area contributed by atoms with E-state index < -0.39 is 0 Å². The summed E-state index contributed by atoms with van der Waals surface area (Å²) in [7, 11) is 0. The number of hydrogen-bond acceptors (Lipinski definition) is 0. The van der Waals surface area contributed by atoms with Crippen LogP contribution in [0.4, 0.5) is 0 Å². The van der Waals surface area contributed by atoms with Gasteiger partial charge in [-0.1, -0.05) is 53.4 Å². The summed E-state index contributed by atoms with van der Waals surface area (Å²) in [6.07, 6.45) is 5.37. The molecule has 2 atom stereocenters. The van der Waals surface area contributed by atoms with E-state index >= 15 is 0 Å². The van der Waals surface area contributed by atoms with Gasteiger partial charge in [-0.15, -0.1) is 0 Å². The summed E-state index contributed by atoms with van der Waals surface area (Å²) >= 11 is 0. The minimum absolute atomic E-state index is 0.643. The molecule has 0 nitrogen and oxygen atoms in total. The largest absolute Gasteiger partial charge is 0.0651 e. The van der Waals surface area contributed by atoms with Crippen molar-refractivity contribution < 1.29 is 0 Å². The Morgan fingerprint density at radius 1 is 1.20 bits per heavy atom. The molecule has 0 heteroatoms. The zero-order valence-electron chi connectivity index (χ0n) is 7.69. The third-order valence-electron chi connectivity index (χ3n) is 2.09. The van der Waals surface area contributed by atoms with Crippen LogP contribution in [0.3, 0.4) is 0 Å². The van der Waals surface area contributed by atoms with Gasteiger partial charge in [-0.05, 0) is 11.8 Å². The lowest BCUT2D eigenvalue weighted by molar-refractivity contribution is 0.461. The summed E-state index contributed by atoms with van der Waals surface area (Å²) in [6, 6.07) is 0. The molecule has 0 saturated carbocycles. The maximum atomic E-state index is 3.96. The van der Waals surface area contributed by atoms with Crippen LogP contribution in [0.5, 0.6) is 0 Å². The molecule has 2 unspecified atom stereocenters. The van der Waals surface area contributed by atoms with Crippen molar-refractivity contribution in [2.75, 3.05) is 0 Å². The molecule has 0 amide bonds. The molecule has 0 bridgehead atoms. The van der Waals surface area contributed by atoms with Gasteiger partial charge in [0.15, 0.2) is 0 Å². The zero-order chi connectivity index (χ0) is 7.98. The van der Waals surface area contributed by atoms with Crippen LogP contribution >= 0.6 is 0 Å². The van der Waals surface area contributed by atoms with Gasteiger partial charge in [-0.2, -0.15) is 0 Å². The number of hydrogen-bond donors (Lipinski definition) is 0. The van der Waals surface area contributed by atoms with E-state index in [1.165, 1.54) is 25.7 Å². The van der Waals surface area contributed by atoms with E-state index in [-0.39, 0.29) is 0 Å². The van der Waals surface area contributed by atoms with Gasteiger partial charge in [-0.3, -0.25) is 0 Å². The van der Waals surface area contributed by atoms with Gasteiger partial charge < -0.3 is 0 Å². The fourth-order valence-electron chi connectivity index (χ4n) is 1.02.